The van der Waals surface area contributed by atoms with Gasteiger partial charge in [0.15, 0.2) is 5.82 Å². The molecule has 0 amide bonds. The van der Waals surface area contributed by atoms with E-state index in [0.29, 0.717) is 12.2 Å². The van der Waals surface area contributed by atoms with Gasteiger partial charge in [0, 0.05) is 41.8 Å². The van der Waals surface area contributed by atoms with Crippen LogP contribution in [-0.2, 0) is 17.6 Å². The molecule has 0 radical (unpaired) electrons. The van der Waals surface area contributed by atoms with Crippen LogP contribution in [0.4, 0.5) is 5.82 Å². The minimum absolute atomic E-state index is 0.0520. The number of aryl methyl sites for hydroxylation is 1. The first-order chi connectivity index (χ1) is 11.6. The topological polar surface area (TPSA) is 79.2 Å². The number of carboxylic acids is 1. The van der Waals surface area contributed by atoms with Gasteiger partial charge in [-0.1, -0.05) is 0 Å². The molecule has 2 atom stereocenters. The van der Waals surface area contributed by atoms with Crippen molar-refractivity contribution in [3.8, 4) is 11.4 Å². The lowest BCUT2D eigenvalue weighted by atomic mass is 10.0. The quantitative estimate of drug-likeness (QED) is 0.933. The van der Waals surface area contributed by atoms with Gasteiger partial charge in [0.25, 0.3) is 0 Å². The summed E-state index contributed by atoms with van der Waals surface area (Å²) in [5.41, 5.74) is 3.19. The van der Waals surface area contributed by atoms with Gasteiger partial charge in [0.1, 0.15) is 5.82 Å². The number of rotatable bonds is 3. The number of nitrogens with zero attached hydrogens (tertiary/aromatic N) is 4. The van der Waals surface area contributed by atoms with Crippen LogP contribution in [0.5, 0.6) is 0 Å². The second-order valence-corrected chi connectivity index (χ2v) is 6.56. The van der Waals surface area contributed by atoms with E-state index in [-0.39, 0.29) is 12.0 Å². The first kappa shape index (κ1) is 15.1. The second-order valence-electron chi connectivity index (χ2n) is 6.56. The summed E-state index contributed by atoms with van der Waals surface area (Å²) in [6.07, 6.45) is 7.18. The molecule has 4 rings (SSSR count). The number of carboxylic acid groups (broad SMARTS) is 1. The normalized spacial score (nSPS) is 22.6. The lowest BCUT2D eigenvalue weighted by Gasteiger charge is -2.26. The van der Waals surface area contributed by atoms with Crippen molar-refractivity contribution in [2.24, 2.45) is 5.92 Å². The van der Waals surface area contributed by atoms with Crippen molar-refractivity contribution >= 4 is 11.8 Å². The van der Waals surface area contributed by atoms with Gasteiger partial charge in [-0.3, -0.25) is 9.78 Å². The fourth-order valence-corrected chi connectivity index (χ4v) is 3.84. The first-order valence-corrected chi connectivity index (χ1v) is 8.45. The van der Waals surface area contributed by atoms with Gasteiger partial charge in [-0.05, 0) is 44.7 Å². The minimum Gasteiger partial charge on any atom is -0.481 e. The summed E-state index contributed by atoms with van der Waals surface area (Å²) < 4.78 is 0. The molecule has 2 aromatic heterocycles. The van der Waals surface area contributed by atoms with Crippen molar-refractivity contribution < 1.29 is 9.90 Å². The van der Waals surface area contributed by atoms with Gasteiger partial charge in [-0.15, -0.1) is 0 Å². The molecule has 1 aliphatic carbocycles. The third-order valence-electron chi connectivity index (χ3n) is 5.18. The molecular weight excluding hydrogens is 304 g/mol. The van der Waals surface area contributed by atoms with Gasteiger partial charge in [0.05, 0.1) is 5.92 Å². The summed E-state index contributed by atoms with van der Waals surface area (Å²) in [6, 6.07) is 3.79. The van der Waals surface area contributed by atoms with E-state index in [9.17, 15) is 9.90 Å². The summed E-state index contributed by atoms with van der Waals surface area (Å²) in [7, 11) is 0. The van der Waals surface area contributed by atoms with E-state index in [1.165, 1.54) is 5.56 Å². The molecule has 3 heterocycles. The molecular formula is C18H20N4O2. The highest BCUT2D eigenvalue weighted by Gasteiger charge is 2.38. The molecule has 1 N–H and O–H groups in total. The zero-order valence-electron chi connectivity index (χ0n) is 13.6. The van der Waals surface area contributed by atoms with E-state index in [2.05, 4.69) is 9.88 Å². The fourth-order valence-electron chi connectivity index (χ4n) is 3.84. The van der Waals surface area contributed by atoms with Crippen LogP contribution in [0.25, 0.3) is 11.4 Å². The summed E-state index contributed by atoms with van der Waals surface area (Å²) in [4.78, 5) is 27.3. The number of hydrogen-bond donors (Lipinski definition) is 1. The Bertz CT molecular complexity index is 778. The van der Waals surface area contributed by atoms with Crippen LogP contribution in [0, 0.1) is 5.92 Å². The van der Waals surface area contributed by atoms with Crippen molar-refractivity contribution in [3.63, 3.8) is 0 Å². The molecule has 1 aliphatic heterocycles. The number of carbonyl (C=O) groups is 1. The molecule has 0 aromatic carbocycles. The Morgan fingerprint density at radius 2 is 2.21 bits per heavy atom. The van der Waals surface area contributed by atoms with Crippen molar-refractivity contribution in [2.45, 2.75) is 38.6 Å². The number of pyridine rings is 1. The highest BCUT2D eigenvalue weighted by atomic mass is 16.4. The summed E-state index contributed by atoms with van der Waals surface area (Å²) >= 11 is 0. The molecule has 0 saturated carbocycles. The van der Waals surface area contributed by atoms with E-state index in [4.69, 9.17) is 9.97 Å². The molecule has 24 heavy (non-hydrogen) atoms. The van der Waals surface area contributed by atoms with Crippen LogP contribution < -0.4 is 4.90 Å². The lowest BCUT2D eigenvalue weighted by Crippen LogP contribution is -2.34. The predicted octanol–water partition coefficient (Wildman–Crippen LogP) is 2.33. The molecule has 1 fully saturated rings. The average molecular weight is 324 g/mol. The molecule has 6 nitrogen and oxygen atoms in total. The maximum absolute atomic E-state index is 11.4. The summed E-state index contributed by atoms with van der Waals surface area (Å²) in [5, 5.41) is 9.41. The Morgan fingerprint density at radius 3 is 2.92 bits per heavy atom. The maximum atomic E-state index is 11.4. The Balaban J connectivity index is 1.78. The number of anilines is 1. The fraction of sp³-hybridized carbons (Fsp3) is 0.444. The number of fused-ring (bicyclic) bond motifs is 1. The Morgan fingerprint density at radius 1 is 1.33 bits per heavy atom. The molecule has 2 aliphatic rings. The molecule has 6 heteroatoms. The van der Waals surface area contributed by atoms with Gasteiger partial charge >= 0.3 is 5.97 Å². The van der Waals surface area contributed by atoms with Crippen LogP contribution in [0.2, 0.25) is 0 Å². The van der Waals surface area contributed by atoms with Crippen LogP contribution >= 0.6 is 0 Å². The van der Waals surface area contributed by atoms with E-state index in [0.717, 1.165) is 42.9 Å². The lowest BCUT2D eigenvalue weighted by molar-refractivity contribution is -0.141. The Labute approximate surface area is 140 Å². The van der Waals surface area contributed by atoms with Crippen LogP contribution in [-0.4, -0.2) is 38.6 Å². The Kier molecular flexibility index (Phi) is 3.67. The molecule has 0 bridgehead atoms. The smallest absolute Gasteiger partial charge is 0.308 e. The van der Waals surface area contributed by atoms with E-state index < -0.39 is 5.97 Å². The average Bonchev–Trinajstić information content (AvgIpc) is 3.21. The predicted molar refractivity (Wildman–Crippen MR) is 89.8 cm³/mol. The standard InChI is InChI=1S/C18H20N4O2/c1-11-13(18(23)24)7-9-22(11)17-14-5-2-6-15(14)20-16(21-17)12-4-3-8-19-10-12/h3-4,8,10-11,13H,2,5-7,9H2,1H3,(H,23,24). The third kappa shape index (κ3) is 2.42. The summed E-state index contributed by atoms with van der Waals surface area (Å²) in [5.74, 6) is 0.555. The highest BCUT2D eigenvalue weighted by Crippen LogP contribution is 2.36. The van der Waals surface area contributed by atoms with Gasteiger partial charge in [-0.25, -0.2) is 9.97 Å². The van der Waals surface area contributed by atoms with Crippen LogP contribution in [0.3, 0.4) is 0 Å². The third-order valence-corrected chi connectivity index (χ3v) is 5.18. The summed E-state index contributed by atoms with van der Waals surface area (Å²) in [6.45, 7) is 2.72. The zero-order valence-corrected chi connectivity index (χ0v) is 13.6. The van der Waals surface area contributed by atoms with Crippen molar-refractivity contribution in [1.29, 1.82) is 0 Å². The highest BCUT2D eigenvalue weighted by molar-refractivity contribution is 5.73. The van der Waals surface area contributed by atoms with E-state index in [1.54, 1.807) is 12.4 Å². The Hall–Kier alpha value is -2.50. The monoisotopic (exact) mass is 324 g/mol. The van der Waals surface area contributed by atoms with Gasteiger partial charge in [-0.2, -0.15) is 0 Å². The van der Waals surface area contributed by atoms with E-state index >= 15 is 0 Å². The SMILES string of the molecule is CC1C(C(=O)O)CCN1c1nc(-c2cccnc2)nc2c1CCC2. The van der Waals surface area contributed by atoms with Crippen LogP contribution in [0.1, 0.15) is 31.0 Å². The minimum atomic E-state index is -0.719. The molecule has 2 aromatic rings. The van der Waals surface area contributed by atoms with Crippen LogP contribution in [0.15, 0.2) is 24.5 Å². The number of aromatic nitrogens is 3. The largest absolute Gasteiger partial charge is 0.481 e. The van der Waals surface area contributed by atoms with Crippen molar-refractivity contribution in [3.05, 3.63) is 35.8 Å². The number of aliphatic carboxylic acids is 1. The molecule has 2 unspecified atom stereocenters. The van der Waals surface area contributed by atoms with Crippen molar-refractivity contribution in [1.82, 2.24) is 15.0 Å². The second kappa shape index (κ2) is 5.85. The van der Waals surface area contributed by atoms with Gasteiger partial charge in [0.2, 0.25) is 0 Å². The molecule has 124 valence electrons. The van der Waals surface area contributed by atoms with Crippen molar-refractivity contribution in [2.75, 3.05) is 11.4 Å². The number of hydrogen-bond acceptors (Lipinski definition) is 5. The van der Waals surface area contributed by atoms with E-state index in [1.807, 2.05) is 19.1 Å². The maximum Gasteiger partial charge on any atom is 0.308 e. The molecule has 1 saturated heterocycles. The molecule has 0 spiro atoms. The van der Waals surface area contributed by atoms with Gasteiger partial charge < -0.3 is 10.0 Å². The zero-order chi connectivity index (χ0) is 16.7. The first-order valence-electron chi connectivity index (χ1n) is 8.45.